The van der Waals surface area contributed by atoms with Crippen LogP contribution in [0.1, 0.15) is 63.2 Å². The predicted molar refractivity (Wildman–Crippen MR) is 141 cm³/mol. The maximum absolute atomic E-state index is 14.1. The zero-order valence-corrected chi connectivity index (χ0v) is 21.8. The Morgan fingerprint density at radius 1 is 1.11 bits per heavy atom. The molecule has 1 aliphatic carbocycles. The number of Topliss-reactive ketones (excluding diaryl/α,β-unsaturated/α-hetero) is 1. The molecule has 9 nitrogen and oxygen atoms in total. The van der Waals surface area contributed by atoms with Crippen molar-refractivity contribution in [3.8, 4) is 0 Å². The third-order valence-corrected chi connectivity index (χ3v) is 8.67. The number of nitrogens with one attached hydrogen (secondary N) is 2. The molecule has 4 atom stereocenters. The summed E-state index contributed by atoms with van der Waals surface area (Å²) in [6, 6.07) is 11.8. The lowest BCUT2D eigenvalue weighted by Gasteiger charge is -2.53. The van der Waals surface area contributed by atoms with E-state index in [-0.39, 0.29) is 24.5 Å². The van der Waals surface area contributed by atoms with E-state index in [0.717, 1.165) is 41.4 Å². The Morgan fingerprint density at radius 2 is 1.89 bits per heavy atom. The van der Waals surface area contributed by atoms with Gasteiger partial charge in [0.1, 0.15) is 12.6 Å². The first-order valence-corrected chi connectivity index (χ1v) is 13.1. The number of ketones is 1. The van der Waals surface area contributed by atoms with Gasteiger partial charge in [-0.05, 0) is 51.1 Å². The summed E-state index contributed by atoms with van der Waals surface area (Å²) in [5, 5.41) is 17.1. The molecule has 6 rings (SSSR count). The van der Waals surface area contributed by atoms with E-state index in [2.05, 4.69) is 28.6 Å². The van der Waals surface area contributed by atoms with Gasteiger partial charge in [0, 0.05) is 46.6 Å². The topological polar surface area (TPSA) is 113 Å². The first-order chi connectivity index (χ1) is 18.3. The second-order valence-electron chi connectivity index (χ2n) is 10.8. The minimum Gasteiger partial charge on any atom is -0.445 e. The van der Waals surface area contributed by atoms with Crippen LogP contribution in [0.2, 0.25) is 0 Å². The van der Waals surface area contributed by atoms with Crippen LogP contribution in [0.3, 0.4) is 0 Å². The lowest BCUT2D eigenvalue weighted by molar-refractivity contribution is 0.0565. The lowest BCUT2D eigenvalue weighted by Crippen LogP contribution is -2.63. The summed E-state index contributed by atoms with van der Waals surface area (Å²) in [5.74, 6) is -0.570. The molecule has 3 N–H and O–H groups in total. The summed E-state index contributed by atoms with van der Waals surface area (Å²) < 4.78 is 7.21. The normalized spacial score (nSPS) is 27.7. The van der Waals surface area contributed by atoms with Gasteiger partial charge in [-0.25, -0.2) is 4.79 Å². The number of piperidine rings is 1. The number of hydrogen-bond acceptors (Lipinski definition) is 6. The number of likely N-dealkylation sites (N-methyl/N-ethyl adjacent to an activating group) is 1. The maximum Gasteiger partial charge on any atom is 0.408 e. The van der Waals surface area contributed by atoms with Crippen molar-refractivity contribution in [3.05, 3.63) is 70.4 Å². The maximum atomic E-state index is 14.1. The quantitative estimate of drug-likeness (QED) is 0.459. The van der Waals surface area contributed by atoms with Crippen molar-refractivity contribution in [3.63, 3.8) is 0 Å². The molecule has 9 heteroatoms. The number of aromatic nitrogens is 1. The molecule has 2 aliphatic heterocycles. The van der Waals surface area contributed by atoms with Crippen LogP contribution in [-0.4, -0.2) is 64.6 Å². The van der Waals surface area contributed by atoms with Crippen molar-refractivity contribution in [2.75, 3.05) is 20.2 Å². The monoisotopic (exact) mass is 516 g/mol. The van der Waals surface area contributed by atoms with Gasteiger partial charge in [-0.3, -0.25) is 9.59 Å². The SMILES string of the molecule is CN1CCCC2c3cccc4c3c3c(n4C)C(=O)[C@H](CO)NC(=O)OCc4ccccc4C(=O)NC3(C)[C@H]21. The molecule has 3 aliphatic rings. The van der Waals surface area contributed by atoms with Crippen molar-refractivity contribution in [2.24, 2.45) is 7.05 Å². The van der Waals surface area contributed by atoms with E-state index in [1.165, 1.54) is 0 Å². The van der Waals surface area contributed by atoms with Crippen LogP contribution in [-0.2, 0) is 23.9 Å². The van der Waals surface area contributed by atoms with Gasteiger partial charge in [0.05, 0.1) is 17.8 Å². The van der Waals surface area contributed by atoms with Gasteiger partial charge >= 0.3 is 6.09 Å². The zero-order valence-electron chi connectivity index (χ0n) is 21.8. The molecular formula is C29H32N4O5. The van der Waals surface area contributed by atoms with Crippen LogP contribution in [0.15, 0.2) is 42.5 Å². The highest BCUT2D eigenvalue weighted by molar-refractivity contribution is 6.09. The van der Waals surface area contributed by atoms with E-state index < -0.39 is 30.1 Å². The Kier molecular flexibility index (Phi) is 5.81. The smallest absolute Gasteiger partial charge is 0.408 e. The van der Waals surface area contributed by atoms with Crippen molar-refractivity contribution < 1.29 is 24.2 Å². The minimum atomic E-state index is -1.21. The molecule has 0 saturated carbocycles. The fourth-order valence-electron chi connectivity index (χ4n) is 7.09. The van der Waals surface area contributed by atoms with Crippen molar-refractivity contribution in [1.82, 2.24) is 20.1 Å². The first kappa shape index (κ1) is 24.6. The van der Waals surface area contributed by atoms with Crippen LogP contribution in [0.25, 0.3) is 10.9 Å². The number of cyclic esters (lactones) is 1. The number of alkyl carbamates (subject to hydrolysis) is 1. The molecule has 1 saturated heterocycles. The van der Waals surface area contributed by atoms with Gasteiger partial charge in [-0.1, -0.05) is 30.3 Å². The molecule has 1 aromatic heterocycles. The number of likely N-dealkylation sites (tertiary alicyclic amines) is 1. The largest absolute Gasteiger partial charge is 0.445 e. The van der Waals surface area contributed by atoms with Crippen LogP contribution in [0.5, 0.6) is 0 Å². The van der Waals surface area contributed by atoms with Gasteiger partial charge < -0.3 is 29.9 Å². The summed E-state index contributed by atoms with van der Waals surface area (Å²) in [6.45, 7) is 2.14. The summed E-state index contributed by atoms with van der Waals surface area (Å²) in [5.41, 5.74) is 3.14. The molecule has 3 heterocycles. The second-order valence-corrected chi connectivity index (χ2v) is 10.8. The first-order valence-electron chi connectivity index (χ1n) is 13.1. The number of benzene rings is 2. The molecule has 0 radical (unpaired) electrons. The Labute approximate surface area is 220 Å². The molecule has 198 valence electrons. The molecule has 0 bridgehead atoms. The fourth-order valence-corrected chi connectivity index (χ4v) is 7.09. The van der Waals surface area contributed by atoms with E-state index in [4.69, 9.17) is 4.74 Å². The molecule has 2 unspecified atom stereocenters. The highest BCUT2D eigenvalue weighted by Crippen LogP contribution is 2.52. The Hall–Kier alpha value is -3.69. The van der Waals surface area contributed by atoms with Crippen molar-refractivity contribution >= 4 is 28.7 Å². The van der Waals surface area contributed by atoms with Gasteiger partial charge in [0.25, 0.3) is 5.91 Å². The number of rotatable bonds is 1. The summed E-state index contributed by atoms with van der Waals surface area (Å²) >= 11 is 0. The van der Waals surface area contributed by atoms with Crippen LogP contribution in [0.4, 0.5) is 4.79 Å². The number of aliphatic hydroxyl groups is 1. The number of nitrogens with zero attached hydrogens (tertiary/aromatic N) is 2. The molecule has 38 heavy (non-hydrogen) atoms. The van der Waals surface area contributed by atoms with Gasteiger partial charge in [-0.15, -0.1) is 0 Å². The van der Waals surface area contributed by atoms with Crippen LogP contribution < -0.4 is 10.6 Å². The van der Waals surface area contributed by atoms with E-state index >= 15 is 0 Å². The highest BCUT2D eigenvalue weighted by Gasteiger charge is 2.53. The number of aryl methyl sites for hydroxylation is 1. The Morgan fingerprint density at radius 3 is 2.68 bits per heavy atom. The van der Waals surface area contributed by atoms with Crippen molar-refractivity contribution in [1.29, 1.82) is 0 Å². The number of hydrogen-bond donors (Lipinski definition) is 3. The number of amides is 2. The minimum absolute atomic E-state index is 0.108. The van der Waals surface area contributed by atoms with Gasteiger partial charge in [-0.2, -0.15) is 0 Å². The average molecular weight is 517 g/mol. The second kappa shape index (κ2) is 8.96. The van der Waals surface area contributed by atoms with E-state index in [1.807, 2.05) is 30.7 Å². The molecule has 2 amide bonds. The van der Waals surface area contributed by atoms with Crippen LogP contribution in [0, 0.1) is 0 Å². The molecule has 0 spiro atoms. The number of fused-ring (bicyclic) bond motifs is 4. The summed E-state index contributed by atoms with van der Waals surface area (Å²) in [4.78, 5) is 43.1. The predicted octanol–water partition coefficient (Wildman–Crippen LogP) is 2.80. The molecule has 3 aromatic rings. The standard InChI is InChI=1S/C29H32N4O5/c1-29-23-22-18(19-11-7-13-32(2)26(19)29)10-6-12-21(22)33(3)24(23)25(35)20(14-34)30-28(37)38-15-16-8-4-5-9-17(16)27(36)31-29/h4-6,8-10,12,19-20,26,34H,7,11,13-15H2,1-3H3,(H,30,37)(H,31,36)/t19?,20-,26-,29?/m0/s1. The number of aliphatic hydroxyl groups excluding tert-OH is 1. The Balaban J connectivity index is 1.67. The van der Waals surface area contributed by atoms with Crippen molar-refractivity contribution in [2.45, 2.75) is 49.9 Å². The molecule has 2 aromatic carbocycles. The number of ether oxygens (including phenoxy) is 1. The third-order valence-electron chi connectivity index (χ3n) is 8.67. The zero-order chi connectivity index (χ0) is 26.8. The molecule has 1 fully saturated rings. The summed E-state index contributed by atoms with van der Waals surface area (Å²) in [7, 11) is 3.90. The molecular weight excluding hydrogens is 484 g/mol. The van der Waals surface area contributed by atoms with Gasteiger partial charge in [0.2, 0.25) is 5.78 Å². The fraction of sp³-hybridized carbons (Fsp3) is 0.414. The van der Waals surface area contributed by atoms with Crippen LogP contribution >= 0.6 is 0 Å². The lowest BCUT2D eigenvalue weighted by atomic mass is 9.65. The number of carbonyl (C=O) groups excluding carboxylic acids is 3. The van der Waals surface area contributed by atoms with E-state index in [1.54, 1.807) is 24.3 Å². The van der Waals surface area contributed by atoms with Gasteiger partial charge in [0.15, 0.2) is 0 Å². The Bertz CT molecular complexity index is 1480. The third kappa shape index (κ3) is 3.49. The average Bonchev–Trinajstić information content (AvgIpc) is 3.22. The highest BCUT2D eigenvalue weighted by atomic mass is 16.5. The van der Waals surface area contributed by atoms with E-state index in [9.17, 15) is 19.5 Å². The number of carbonyl (C=O) groups is 3. The van der Waals surface area contributed by atoms with E-state index in [0.29, 0.717) is 16.8 Å². The summed E-state index contributed by atoms with van der Waals surface area (Å²) in [6.07, 6.45) is 1.16.